The third-order valence-corrected chi connectivity index (χ3v) is 5.26. The maximum Gasteiger partial charge on any atom is 0.231 e. The summed E-state index contributed by atoms with van der Waals surface area (Å²) in [5.74, 6) is 1.57. The monoisotopic (exact) mass is 384 g/mol. The normalized spacial score (nSPS) is 13.8. The number of unbranched alkanes of at least 4 members (excludes halogenated alkanes) is 1. The van der Waals surface area contributed by atoms with E-state index >= 15 is 0 Å². The molecule has 0 bridgehead atoms. The number of hydrogen-bond acceptors (Lipinski definition) is 6. The largest absolute Gasteiger partial charge is 0.477 e. The van der Waals surface area contributed by atoms with Crippen LogP contribution in [-0.4, -0.2) is 37.4 Å². The highest BCUT2D eigenvalue weighted by Gasteiger charge is 2.13. The first-order chi connectivity index (χ1) is 13.0. The molecule has 0 fully saturated rings. The van der Waals surface area contributed by atoms with Gasteiger partial charge in [-0.1, -0.05) is 18.2 Å². The van der Waals surface area contributed by atoms with Crippen molar-refractivity contribution in [3.8, 4) is 17.3 Å². The fraction of sp³-hybridized carbons (Fsp3) is 0.263. The van der Waals surface area contributed by atoms with Gasteiger partial charge in [0.25, 0.3) is 0 Å². The number of nitrogens with one attached hydrogen (secondary N) is 1. The number of rotatable bonds is 7. The lowest BCUT2D eigenvalue weighted by Gasteiger charge is -2.06. The molecule has 27 heavy (non-hydrogen) atoms. The number of hydrogen-bond donors (Lipinski definition) is 1. The zero-order valence-electron chi connectivity index (χ0n) is 14.9. The van der Waals surface area contributed by atoms with Crippen molar-refractivity contribution in [1.82, 2.24) is 14.6 Å². The van der Waals surface area contributed by atoms with Crippen LogP contribution < -0.4 is 4.74 Å². The quantitative estimate of drug-likeness (QED) is 0.487. The van der Waals surface area contributed by atoms with Crippen LogP contribution in [0.3, 0.4) is 0 Å². The Labute approximate surface area is 156 Å². The molecule has 1 N–H and O–H groups in total. The van der Waals surface area contributed by atoms with E-state index in [2.05, 4.69) is 10.1 Å². The molecule has 0 aliphatic heterocycles. The summed E-state index contributed by atoms with van der Waals surface area (Å²) in [5, 5.41) is 5.53. The topological polar surface area (TPSA) is 93.5 Å². The van der Waals surface area contributed by atoms with Crippen LogP contribution in [0, 0.1) is 4.78 Å². The van der Waals surface area contributed by atoms with Crippen molar-refractivity contribution >= 4 is 26.3 Å². The van der Waals surface area contributed by atoms with Crippen molar-refractivity contribution in [3.63, 3.8) is 0 Å². The summed E-state index contributed by atoms with van der Waals surface area (Å²) in [7, 11) is -2.43. The van der Waals surface area contributed by atoms with Crippen LogP contribution in [0.2, 0.25) is 0 Å². The number of aromatic nitrogens is 3. The van der Waals surface area contributed by atoms with Crippen LogP contribution in [0.15, 0.2) is 53.1 Å². The Morgan fingerprint density at radius 1 is 1.22 bits per heavy atom. The van der Waals surface area contributed by atoms with Crippen LogP contribution in [0.5, 0.6) is 5.88 Å². The molecule has 0 spiro atoms. The Hall–Kier alpha value is -2.87. The summed E-state index contributed by atoms with van der Waals surface area (Å²) in [6.07, 6.45) is 4.61. The fourth-order valence-corrected chi connectivity index (χ4v) is 3.62. The predicted octanol–water partition coefficient (Wildman–Crippen LogP) is 3.98. The lowest BCUT2D eigenvalue weighted by Crippen LogP contribution is -2.06. The molecule has 4 aromatic rings. The van der Waals surface area contributed by atoms with Gasteiger partial charge < -0.3 is 9.15 Å². The van der Waals surface area contributed by atoms with E-state index in [9.17, 15) is 4.21 Å². The van der Waals surface area contributed by atoms with E-state index in [1.54, 1.807) is 16.8 Å². The molecule has 0 amide bonds. The lowest BCUT2D eigenvalue weighted by molar-refractivity contribution is 0.293. The molecule has 1 atom stereocenters. The maximum absolute atomic E-state index is 11.4. The molecule has 4 rings (SSSR count). The Balaban J connectivity index is 1.52. The zero-order valence-corrected chi connectivity index (χ0v) is 15.7. The standard InChI is InChI=1S/C19H20N4O3S/c1-27(20,24)11-5-4-10-25-19-9-8-18-21-13-15(23(18)22-19)17-12-14-6-2-3-7-16(14)26-17/h2-3,6-9,12-13,20H,4-5,10-11H2,1H3/t27-/m0/s1. The summed E-state index contributed by atoms with van der Waals surface area (Å²) >= 11 is 0. The van der Waals surface area contributed by atoms with Gasteiger partial charge in [0.15, 0.2) is 11.4 Å². The van der Waals surface area contributed by atoms with Crippen molar-refractivity contribution in [3.05, 3.63) is 48.7 Å². The second-order valence-electron chi connectivity index (χ2n) is 6.50. The first-order valence-electron chi connectivity index (χ1n) is 8.68. The second kappa shape index (κ2) is 7.03. The molecular formula is C19H20N4O3S. The van der Waals surface area contributed by atoms with E-state index in [-0.39, 0.29) is 0 Å². The Bertz CT molecular complexity index is 1160. The van der Waals surface area contributed by atoms with Gasteiger partial charge in [-0.3, -0.25) is 8.99 Å². The Kier molecular flexibility index (Phi) is 4.57. The Morgan fingerprint density at radius 2 is 2.07 bits per heavy atom. The third-order valence-electron chi connectivity index (χ3n) is 4.19. The van der Waals surface area contributed by atoms with E-state index in [4.69, 9.17) is 13.9 Å². The average Bonchev–Trinajstić information content (AvgIpc) is 3.23. The summed E-state index contributed by atoms with van der Waals surface area (Å²) in [4.78, 5) is 4.38. The smallest absolute Gasteiger partial charge is 0.231 e. The Morgan fingerprint density at radius 3 is 2.89 bits per heavy atom. The van der Waals surface area contributed by atoms with E-state index in [1.165, 1.54) is 6.26 Å². The van der Waals surface area contributed by atoms with E-state index in [1.807, 2.05) is 36.4 Å². The number of fused-ring (bicyclic) bond motifs is 2. The summed E-state index contributed by atoms with van der Waals surface area (Å²) in [6.45, 7) is 0.461. The highest BCUT2D eigenvalue weighted by molar-refractivity contribution is 7.91. The van der Waals surface area contributed by atoms with Crippen LogP contribution in [-0.2, 0) is 9.73 Å². The van der Waals surface area contributed by atoms with Crippen molar-refractivity contribution < 1.29 is 13.4 Å². The van der Waals surface area contributed by atoms with E-state index < -0.39 is 9.73 Å². The molecule has 3 heterocycles. The van der Waals surface area contributed by atoms with Crippen LogP contribution >= 0.6 is 0 Å². The number of imidazole rings is 1. The number of benzene rings is 1. The molecule has 7 nitrogen and oxygen atoms in total. The molecule has 0 aliphatic rings. The average molecular weight is 384 g/mol. The number of para-hydroxylation sites is 1. The molecule has 1 aromatic carbocycles. The molecule has 3 aromatic heterocycles. The van der Waals surface area contributed by atoms with Gasteiger partial charge in [-0.05, 0) is 31.0 Å². The molecule has 0 unspecified atom stereocenters. The molecule has 8 heteroatoms. The van der Waals surface area contributed by atoms with Crippen molar-refractivity contribution in [2.45, 2.75) is 12.8 Å². The summed E-state index contributed by atoms with van der Waals surface area (Å²) < 4.78 is 32.1. The zero-order chi connectivity index (χ0) is 18.9. The van der Waals surface area contributed by atoms with Gasteiger partial charge in [0.05, 0.1) is 12.8 Å². The van der Waals surface area contributed by atoms with Gasteiger partial charge >= 0.3 is 0 Å². The first-order valence-corrected chi connectivity index (χ1v) is 10.8. The number of nitrogens with zero attached hydrogens (tertiary/aromatic N) is 3. The molecule has 140 valence electrons. The van der Waals surface area contributed by atoms with Gasteiger partial charge in [-0.15, -0.1) is 5.10 Å². The minimum atomic E-state index is -2.43. The van der Waals surface area contributed by atoms with Crippen molar-refractivity contribution in [2.75, 3.05) is 18.6 Å². The third kappa shape index (κ3) is 3.95. The van der Waals surface area contributed by atoms with Crippen LogP contribution in [0.4, 0.5) is 0 Å². The summed E-state index contributed by atoms with van der Waals surface area (Å²) in [5.41, 5.74) is 2.28. The predicted molar refractivity (Wildman–Crippen MR) is 105 cm³/mol. The van der Waals surface area contributed by atoms with E-state index in [0.29, 0.717) is 36.1 Å². The molecule has 0 aliphatic carbocycles. The van der Waals surface area contributed by atoms with Gasteiger partial charge in [-0.25, -0.2) is 9.50 Å². The minimum Gasteiger partial charge on any atom is -0.477 e. The first kappa shape index (κ1) is 17.5. The molecular weight excluding hydrogens is 364 g/mol. The summed E-state index contributed by atoms with van der Waals surface area (Å²) in [6, 6.07) is 13.4. The van der Waals surface area contributed by atoms with E-state index in [0.717, 1.165) is 23.1 Å². The molecule has 0 radical (unpaired) electrons. The number of ether oxygens (including phenoxy) is 1. The van der Waals surface area contributed by atoms with Gasteiger partial charge in [0.2, 0.25) is 5.88 Å². The SMILES string of the molecule is C[S@](=N)(=O)CCCCOc1ccc2ncc(-c3cc4ccccc4o3)n2n1. The molecule has 0 saturated carbocycles. The maximum atomic E-state index is 11.4. The van der Waals surface area contributed by atoms with Crippen LogP contribution in [0.25, 0.3) is 28.1 Å². The van der Waals surface area contributed by atoms with Crippen molar-refractivity contribution in [2.24, 2.45) is 0 Å². The minimum absolute atomic E-state index is 0.389. The van der Waals surface area contributed by atoms with Gasteiger partial charge in [-0.2, -0.15) is 0 Å². The second-order valence-corrected chi connectivity index (χ2v) is 8.92. The molecule has 0 saturated heterocycles. The fourth-order valence-electron chi connectivity index (χ4n) is 2.87. The highest BCUT2D eigenvalue weighted by atomic mass is 32.2. The number of furan rings is 1. The van der Waals surface area contributed by atoms with Crippen molar-refractivity contribution in [1.29, 1.82) is 4.78 Å². The van der Waals surface area contributed by atoms with Gasteiger partial charge in [0.1, 0.15) is 11.3 Å². The van der Waals surface area contributed by atoms with Crippen LogP contribution in [0.1, 0.15) is 12.8 Å². The highest BCUT2D eigenvalue weighted by Crippen LogP contribution is 2.28. The van der Waals surface area contributed by atoms with Gasteiger partial charge in [0, 0.05) is 33.2 Å². The lowest BCUT2D eigenvalue weighted by atomic mass is 10.2.